The smallest absolute Gasteiger partial charge is 0.223 e. The summed E-state index contributed by atoms with van der Waals surface area (Å²) >= 11 is 0. The molecule has 23 heavy (non-hydrogen) atoms. The van der Waals surface area contributed by atoms with Gasteiger partial charge in [0.2, 0.25) is 5.91 Å². The third-order valence-corrected chi connectivity index (χ3v) is 5.37. The summed E-state index contributed by atoms with van der Waals surface area (Å²) in [6, 6.07) is 9.92. The van der Waals surface area contributed by atoms with Crippen LogP contribution in [0, 0.1) is 23.7 Å². The number of hydrogen-bond donors (Lipinski definition) is 2. The van der Waals surface area contributed by atoms with Gasteiger partial charge in [0.1, 0.15) is 0 Å². The van der Waals surface area contributed by atoms with E-state index in [2.05, 4.69) is 26.1 Å². The zero-order chi connectivity index (χ0) is 16.8. The van der Waals surface area contributed by atoms with Crippen LogP contribution in [-0.4, -0.2) is 24.2 Å². The molecule has 1 aromatic carbocycles. The van der Waals surface area contributed by atoms with Crippen molar-refractivity contribution in [3.63, 3.8) is 0 Å². The zero-order valence-corrected chi connectivity index (χ0v) is 14.7. The average Bonchev–Trinajstić information content (AvgIpc) is 2.55. The molecule has 1 aromatic rings. The normalized spacial score (nSPS) is 26.0. The van der Waals surface area contributed by atoms with Crippen LogP contribution in [0.15, 0.2) is 30.3 Å². The molecule has 3 nitrogen and oxygen atoms in total. The first kappa shape index (κ1) is 18.0. The Morgan fingerprint density at radius 1 is 1.26 bits per heavy atom. The maximum atomic E-state index is 12.7. The number of aliphatic hydroxyl groups excluding tert-OH is 1. The molecule has 2 N–H and O–H groups in total. The van der Waals surface area contributed by atoms with E-state index in [9.17, 15) is 9.90 Å². The van der Waals surface area contributed by atoms with Gasteiger partial charge in [-0.3, -0.25) is 4.79 Å². The molecule has 0 radical (unpaired) electrons. The van der Waals surface area contributed by atoms with Crippen molar-refractivity contribution >= 4 is 5.91 Å². The Kier molecular flexibility index (Phi) is 6.64. The maximum Gasteiger partial charge on any atom is 0.223 e. The van der Waals surface area contributed by atoms with Gasteiger partial charge in [0.15, 0.2) is 0 Å². The van der Waals surface area contributed by atoms with E-state index < -0.39 is 0 Å². The Morgan fingerprint density at radius 2 is 1.96 bits per heavy atom. The molecule has 0 heterocycles. The van der Waals surface area contributed by atoms with Crippen molar-refractivity contribution in [3.8, 4) is 0 Å². The highest BCUT2D eigenvalue weighted by molar-refractivity contribution is 5.79. The van der Waals surface area contributed by atoms with Crippen LogP contribution in [0.1, 0.15) is 51.5 Å². The number of benzene rings is 1. The van der Waals surface area contributed by atoms with E-state index in [4.69, 9.17) is 0 Å². The summed E-state index contributed by atoms with van der Waals surface area (Å²) in [6.45, 7) is 7.26. The van der Waals surface area contributed by atoms with Gasteiger partial charge in [-0.1, -0.05) is 57.5 Å². The number of hydrogen-bond acceptors (Lipinski definition) is 2. The number of nitrogens with one attached hydrogen (secondary N) is 1. The molecule has 2 unspecified atom stereocenters. The summed E-state index contributed by atoms with van der Waals surface area (Å²) in [6.07, 6.45) is 3.37. The highest BCUT2D eigenvalue weighted by atomic mass is 16.3. The van der Waals surface area contributed by atoms with Crippen LogP contribution in [0.2, 0.25) is 0 Å². The molecule has 0 saturated heterocycles. The third-order valence-electron chi connectivity index (χ3n) is 5.37. The molecule has 2 rings (SSSR count). The number of carbonyl (C=O) groups excluding carboxylic acids is 1. The Labute approximate surface area is 140 Å². The summed E-state index contributed by atoms with van der Waals surface area (Å²) in [5, 5.41) is 12.7. The zero-order valence-electron chi connectivity index (χ0n) is 14.7. The molecule has 1 saturated carbocycles. The predicted octanol–water partition coefficient (Wildman–Crippen LogP) is 3.59. The summed E-state index contributed by atoms with van der Waals surface area (Å²) in [5.74, 6) is 1.91. The molecule has 3 heteroatoms. The Balaban J connectivity index is 1.96. The molecule has 1 aliphatic carbocycles. The van der Waals surface area contributed by atoms with Gasteiger partial charge in [-0.05, 0) is 36.2 Å². The van der Waals surface area contributed by atoms with Gasteiger partial charge in [-0.2, -0.15) is 0 Å². The highest BCUT2D eigenvalue weighted by Crippen LogP contribution is 2.38. The molecule has 1 fully saturated rings. The summed E-state index contributed by atoms with van der Waals surface area (Å²) in [5.41, 5.74) is 1.08. The van der Waals surface area contributed by atoms with Gasteiger partial charge in [-0.25, -0.2) is 0 Å². The van der Waals surface area contributed by atoms with Gasteiger partial charge >= 0.3 is 0 Å². The Hall–Kier alpha value is -1.35. The monoisotopic (exact) mass is 317 g/mol. The van der Waals surface area contributed by atoms with E-state index in [0.29, 0.717) is 24.3 Å². The third kappa shape index (κ3) is 4.81. The van der Waals surface area contributed by atoms with Crippen LogP contribution in [-0.2, 0) is 4.79 Å². The number of amides is 1. The maximum absolute atomic E-state index is 12.7. The molecule has 0 aliphatic heterocycles. The predicted molar refractivity (Wildman–Crippen MR) is 94.1 cm³/mol. The van der Waals surface area contributed by atoms with Crippen molar-refractivity contribution in [2.75, 3.05) is 13.2 Å². The number of rotatable bonds is 6. The van der Waals surface area contributed by atoms with Crippen molar-refractivity contribution in [2.45, 2.75) is 46.0 Å². The molecule has 128 valence electrons. The van der Waals surface area contributed by atoms with Gasteiger partial charge in [0.25, 0.3) is 0 Å². The minimum Gasteiger partial charge on any atom is -0.396 e. The topological polar surface area (TPSA) is 49.3 Å². The van der Waals surface area contributed by atoms with E-state index in [-0.39, 0.29) is 24.3 Å². The molecule has 1 aliphatic rings. The molecular weight excluding hydrogens is 286 g/mol. The van der Waals surface area contributed by atoms with Gasteiger partial charge in [-0.15, -0.1) is 0 Å². The van der Waals surface area contributed by atoms with Crippen LogP contribution in [0.5, 0.6) is 0 Å². The molecule has 0 aromatic heterocycles. The highest BCUT2D eigenvalue weighted by Gasteiger charge is 2.35. The molecule has 0 spiro atoms. The van der Waals surface area contributed by atoms with Crippen molar-refractivity contribution in [1.82, 2.24) is 5.32 Å². The number of aliphatic hydroxyl groups is 1. The largest absolute Gasteiger partial charge is 0.396 e. The summed E-state index contributed by atoms with van der Waals surface area (Å²) in [7, 11) is 0. The Bertz CT molecular complexity index is 486. The minimum atomic E-state index is -0.0290. The van der Waals surface area contributed by atoms with E-state index in [0.717, 1.165) is 18.4 Å². The van der Waals surface area contributed by atoms with Crippen molar-refractivity contribution < 1.29 is 9.90 Å². The molecule has 1 amide bonds. The molecular formula is C20H31NO2. The van der Waals surface area contributed by atoms with Crippen LogP contribution in [0.25, 0.3) is 0 Å². The molecule has 0 bridgehead atoms. The SMILES string of the molecule is CC1CC[C@@H](C(C)C)[C@H](C(=O)NCC(CO)c2ccccc2)C1. The average molecular weight is 317 g/mol. The van der Waals surface area contributed by atoms with E-state index >= 15 is 0 Å². The standard InChI is InChI=1S/C20H31NO2/c1-14(2)18-10-9-15(3)11-19(18)20(23)21-12-17(13-22)16-7-5-4-6-8-16/h4-8,14-15,17-19,22H,9-13H2,1-3H3,(H,21,23)/t15?,17?,18-,19+/m0/s1. The van der Waals surface area contributed by atoms with Gasteiger partial charge in [0, 0.05) is 18.4 Å². The fraction of sp³-hybridized carbons (Fsp3) is 0.650. The van der Waals surface area contributed by atoms with E-state index in [1.807, 2.05) is 30.3 Å². The lowest BCUT2D eigenvalue weighted by Crippen LogP contribution is -2.41. The van der Waals surface area contributed by atoms with Crippen LogP contribution in [0.4, 0.5) is 0 Å². The number of carbonyl (C=O) groups is 1. The van der Waals surface area contributed by atoms with Crippen LogP contribution < -0.4 is 5.32 Å². The quantitative estimate of drug-likeness (QED) is 0.842. The second-order valence-electron chi connectivity index (χ2n) is 7.47. The second kappa shape index (κ2) is 8.49. The fourth-order valence-electron chi connectivity index (χ4n) is 3.87. The first-order valence-corrected chi connectivity index (χ1v) is 8.96. The van der Waals surface area contributed by atoms with Crippen molar-refractivity contribution in [3.05, 3.63) is 35.9 Å². The summed E-state index contributed by atoms with van der Waals surface area (Å²) in [4.78, 5) is 12.7. The van der Waals surface area contributed by atoms with Crippen molar-refractivity contribution in [1.29, 1.82) is 0 Å². The fourth-order valence-corrected chi connectivity index (χ4v) is 3.87. The minimum absolute atomic E-state index is 0.0290. The second-order valence-corrected chi connectivity index (χ2v) is 7.47. The van der Waals surface area contributed by atoms with Crippen molar-refractivity contribution in [2.24, 2.45) is 23.7 Å². The lowest BCUT2D eigenvalue weighted by molar-refractivity contribution is -0.129. The first-order valence-electron chi connectivity index (χ1n) is 8.96. The van der Waals surface area contributed by atoms with Gasteiger partial charge in [0.05, 0.1) is 6.61 Å². The Morgan fingerprint density at radius 3 is 2.57 bits per heavy atom. The molecule has 4 atom stereocenters. The lowest BCUT2D eigenvalue weighted by Gasteiger charge is -2.36. The first-order chi connectivity index (χ1) is 11.0. The van der Waals surface area contributed by atoms with Crippen LogP contribution >= 0.6 is 0 Å². The lowest BCUT2D eigenvalue weighted by atomic mass is 9.70. The van der Waals surface area contributed by atoms with Crippen LogP contribution in [0.3, 0.4) is 0 Å². The van der Waals surface area contributed by atoms with E-state index in [1.54, 1.807) is 0 Å². The summed E-state index contributed by atoms with van der Waals surface area (Å²) < 4.78 is 0. The van der Waals surface area contributed by atoms with Gasteiger partial charge < -0.3 is 10.4 Å². The van der Waals surface area contributed by atoms with E-state index in [1.165, 1.54) is 6.42 Å².